The van der Waals surface area contributed by atoms with Crippen molar-refractivity contribution in [1.82, 2.24) is 25.5 Å². The third-order valence-corrected chi connectivity index (χ3v) is 7.64. The van der Waals surface area contributed by atoms with E-state index < -0.39 is 29.8 Å². The van der Waals surface area contributed by atoms with E-state index in [4.69, 9.17) is 9.84 Å². The number of ether oxygens (including phenoxy) is 1. The average Bonchev–Trinajstić information content (AvgIpc) is 2.98. The van der Waals surface area contributed by atoms with Crippen molar-refractivity contribution in [2.75, 3.05) is 26.3 Å². The molecule has 3 N–H and O–H groups in total. The number of aromatic nitrogens is 2. The zero-order valence-electron chi connectivity index (χ0n) is 23.7. The van der Waals surface area contributed by atoms with E-state index in [1.807, 2.05) is 6.08 Å². The summed E-state index contributed by atoms with van der Waals surface area (Å²) in [6.07, 6.45) is -0.405. The topological polar surface area (TPSA) is 134 Å². The van der Waals surface area contributed by atoms with Crippen molar-refractivity contribution in [1.29, 1.82) is 0 Å². The minimum absolute atomic E-state index is 0.0749. The van der Waals surface area contributed by atoms with Gasteiger partial charge in [-0.3, -0.25) is 14.6 Å². The Morgan fingerprint density at radius 3 is 2.48 bits per heavy atom. The first-order valence-electron chi connectivity index (χ1n) is 14.0. The Morgan fingerprint density at radius 2 is 1.86 bits per heavy atom. The highest BCUT2D eigenvalue weighted by molar-refractivity contribution is 5.92. The number of alkyl halides is 3. The van der Waals surface area contributed by atoms with Gasteiger partial charge in [-0.15, -0.1) is 0 Å². The number of carbonyl (C=O) groups is 3. The lowest BCUT2D eigenvalue weighted by atomic mass is 9.95. The number of benzene rings is 2. The van der Waals surface area contributed by atoms with Crippen LogP contribution in [0.25, 0.3) is 16.7 Å². The summed E-state index contributed by atoms with van der Waals surface area (Å²) in [7, 11) is 0. The largest absolute Gasteiger partial charge is 0.465 e. The number of rotatable bonds is 8. The van der Waals surface area contributed by atoms with E-state index in [1.54, 1.807) is 42.3 Å². The molecule has 0 spiro atoms. The van der Waals surface area contributed by atoms with Gasteiger partial charge in [-0.25, -0.2) is 9.78 Å². The molecule has 2 aliphatic heterocycles. The van der Waals surface area contributed by atoms with Gasteiger partial charge >= 0.3 is 12.3 Å². The summed E-state index contributed by atoms with van der Waals surface area (Å²) in [5, 5.41) is 14.0. The van der Waals surface area contributed by atoms with E-state index in [0.717, 1.165) is 17.7 Å². The molecule has 0 unspecified atom stereocenters. The highest BCUT2D eigenvalue weighted by Gasteiger charge is 2.32. The molecule has 1 aromatic heterocycles. The first kappa shape index (κ1) is 30.7. The minimum atomic E-state index is -4.56. The molecule has 2 aliphatic rings. The quantitative estimate of drug-likeness (QED) is 0.338. The minimum Gasteiger partial charge on any atom is -0.465 e. The number of hydrogen-bond acceptors (Lipinski definition) is 6. The van der Waals surface area contributed by atoms with Crippen molar-refractivity contribution in [3.8, 4) is 11.1 Å². The second-order valence-corrected chi connectivity index (χ2v) is 10.6. The maximum atomic E-state index is 13.4. The first-order chi connectivity index (χ1) is 21.0. The van der Waals surface area contributed by atoms with Gasteiger partial charge in [-0.1, -0.05) is 36.4 Å². The number of nitrogens with zero attached hydrogens (tertiary/aromatic N) is 3. The molecular formula is C31H30F3N5O5. The van der Waals surface area contributed by atoms with Crippen LogP contribution >= 0.6 is 0 Å². The fourth-order valence-electron chi connectivity index (χ4n) is 5.02. The number of hydrogen-bond donors (Lipinski definition) is 3. The van der Waals surface area contributed by atoms with Gasteiger partial charge in [-0.05, 0) is 53.3 Å². The molecule has 2 aromatic carbocycles. The van der Waals surface area contributed by atoms with Crippen LogP contribution < -0.4 is 10.6 Å². The van der Waals surface area contributed by atoms with E-state index >= 15 is 0 Å². The molecule has 10 nitrogen and oxygen atoms in total. The highest BCUT2D eigenvalue weighted by Crippen LogP contribution is 2.34. The van der Waals surface area contributed by atoms with Gasteiger partial charge in [0.15, 0.2) is 0 Å². The van der Waals surface area contributed by atoms with Crippen LogP contribution in [0.3, 0.4) is 0 Å². The molecule has 1 atom stereocenters. The lowest BCUT2D eigenvalue weighted by Gasteiger charge is -2.33. The second-order valence-electron chi connectivity index (χ2n) is 10.6. The van der Waals surface area contributed by atoms with Gasteiger partial charge in [0.05, 0.1) is 48.8 Å². The van der Waals surface area contributed by atoms with E-state index in [1.165, 1.54) is 12.3 Å². The zero-order chi connectivity index (χ0) is 31.4. The number of nitrogens with one attached hydrogen (secondary N) is 2. The van der Waals surface area contributed by atoms with E-state index in [9.17, 15) is 27.6 Å². The Bertz CT molecular complexity index is 1590. The number of amides is 3. The second kappa shape index (κ2) is 12.8. The molecule has 3 heterocycles. The van der Waals surface area contributed by atoms with Crippen molar-refractivity contribution in [2.45, 2.75) is 32.1 Å². The Balaban J connectivity index is 1.26. The van der Waals surface area contributed by atoms with Crippen LogP contribution in [-0.4, -0.2) is 64.2 Å². The summed E-state index contributed by atoms with van der Waals surface area (Å²) in [4.78, 5) is 46.9. The molecule has 1 saturated heterocycles. The molecule has 0 bridgehead atoms. The van der Waals surface area contributed by atoms with Crippen LogP contribution in [0.2, 0.25) is 0 Å². The standard InChI is InChI=1S/C31H30F3N5O5/c1-18(19-2-4-20(5-3-19)25-12-24(31(32,33)34)7-6-22(25)13-36-30(42)43)37-28(40)27-15-35-14-26(38-27)21-8-10-39(11-9-21)29(41)23-16-44-17-23/h2-8,12,14-15,18,23,36H,9-11,13,16-17H2,1H3,(H,37,40)(H,42,43)/t18-/m1/s1. The van der Waals surface area contributed by atoms with Crippen LogP contribution in [-0.2, 0) is 22.3 Å². The SMILES string of the molecule is C[C@@H](NC(=O)c1cncc(C2=CCN(C(=O)C3COC3)CC2)n1)c1ccc(-c2cc(C(F)(F)F)ccc2CNC(=O)O)cc1. The summed E-state index contributed by atoms with van der Waals surface area (Å²) in [6, 6.07) is 9.31. The van der Waals surface area contributed by atoms with Gasteiger partial charge in [0.2, 0.25) is 5.91 Å². The van der Waals surface area contributed by atoms with Crippen molar-refractivity contribution in [2.24, 2.45) is 5.92 Å². The number of carbonyl (C=O) groups excluding carboxylic acids is 2. The Kier molecular flexibility index (Phi) is 8.95. The van der Waals surface area contributed by atoms with Gasteiger partial charge in [-0.2, -0.15) is 13.2 Å². The van der Waals surface area contributed by atoms with Crippen molar-refractivity contribution >= 4 is 23.5 Å². The van der Waals surface area contributed by atoms with Crippen LogP contribution in [0, 0.1) is 5.92 Å². The smallest absolute Gasteiger partial charge is 0.416 e. The first-order valence-corrected chi connectivity index (χ1v) is 14.0. The summed E-state index contributed by atoms with van der Waals surface area (Å²) in [5.41, 5.74) is 2.51. The molecule has 5 rings (SSSR count). The maximum Gasteiger partial charge on any atom is 0.416 e. The molecule has 3 aromatic rings. The molecule has 13 heteroatoms. The third kappa shape index (κ3) is 7.05. The van der Waals surface area contributed by atoms with Gasteiger partial charge in [0, 0.05) is 19.6 Å². The Hall–Kier alpha value is -4.78. The van der Waals surface area contributed by atoms with E-state index in [0.29, 0.717) is 55.1 Å². The summed E-state index contributed by atoms with van der Waals surface area (Å²) >= 11 is 0. The highest BCUT2D eigenvalue weighted by atomic mass is 19.4. The van der Waals surface area contributed by atoms with E-state index in [-0.39, 0.29) is 29.6 Å². The van der Waals surface area contributed by atoms with Crippen LogP contribution in [0.15, 0.2) is 60.9 Å². The van der Waals surface area contributed by atoms with Crippen molar-refractivity contribution in [3.05, 3.63) is 89.0 Å². The lowest BCUT2D eigenvalue weighted by molar-refractivity contribution is -0.149. The maximum absolute atomic E-state index is 13.4. The predicted octanol–water partition coefficient (Wildman–Crippen LogP) is 4.68. The third-order valence-electron chi connectivity index (χ3n) is 7.64. The van der Waals surface area contributed by atoms with E-state index in [2.05, 4.69) is 20.6 Å². The number of carboxylic acid groups (broad SMARTS) is 1. The normalized spacial score (nSPS) is 16.0. The molecule has 230 valence electrons. The van der Waals surface area contributed by atoms with Crippen LogP contribution in [0.5, 0.6) is 0 Å². The van der Waals surface area contributed by atoms with Gasteiger partial charge in [0.1, 0.15) is 5.69 Å². The Morgan fingerprint density at radius 1 is 1.11 bits per heavy atom. The van der Waals surface area contributed by atoms with Crippen LogP contribution in [0.1, 0.15) is 52.3 Å². The molecule has 0 saturated carbocycles. The fraction of sp³-hybridized carbons (Fsp3) is 0.323. The summed E-state index contributed by atoms with van der Waals surface area (Å²) < 4.78 is 45.3. The molecule has 1 fully saturated rings. The van der Waals surface area contributed by atoms with Gasteiger partial charge in [0.25, 0.3) is 5.91 Å². The fourth-order valence-corrected chi connectivity index (χ4v) is 5.02. The molecule has 3 amide bonds. The Labute approximate surface area is 251 Å². The lowest BCUT2D eigenvalue weighted by Crippen LogP contribution is -2.46. The predicted molar refractivity (Wildman–Crippen MR) is 153 cm³/mol. The van der Waals surface area contributed by atoms with Crippen molar-refractivity contribution < 1.29 is 37.4 Å². The molecular weight excluding hydrogens is 579 g/mol. The summed E-state index contributed by atoms with van der Waals surface area (Å²) in [6.45, 7) is 3.51. The summed E-state index contributed by atoms with van der Waals surface area (Å²) in [5.74, 6) is -0.443. The molecule has 0 aliphatic carbocycles. The molecule has 44 heavy (non-hydrogen) atoms. The molecule has 0 radical (unpaired) electrons. The number of halogens is 3. The average molecular weight is 610 g/mol. The van der Waals surface area contributed by atoms with Gasteiger partial charge < -0.3 is 25.4 Å². The monoisotopic (exact) mass is 609 g/mol. The van der Waals surface area contributed by atoms with Crippen molar-refractivity contribution in [3.63, 3.8) is 0 Å². The zero-order valence-corrected chi connectivity index (χ0v) is 23.7. The van der Waals surface area contributed by atoms with Crippen LogP contribution in [0.4, 0.5) is 18.0 Å².